The number of methoxy groups -OCH3 is 1. The van der Waals surface area contributed by atoms with Gasteiger partial charge in [-0.15, -0.1) is 0 Å². The van der Waals surface area contributed by atoms with Crippen LogP contribution in [0.5, 0.6) is 11.5 Å². The molecule has 3 N–H and O–H groups in total. The minimum Gasteiger partial charge on any atom is -0.497 e. The average molecular weight is 317 g/mol. The van der Waals surface area contributed by atoms with Crippen molar-refractivity contribution in [3.63, 3.8) is 0 Å². The normalized spacial score (nSPS) is 16.2. The average Bonchev–Trinajstić information content (AvgIpc) is 2.52. The van der Waals surface area contributed by atoms with E-state index in [1.165, 1.54) is 0 Å². The van der Waals surface area contributed by atoms with Crippen LogP contribution in [-0.4, -0.2) is 17.2 Å². The predicted molar refractivity (Wildman–Crippen MR) is 86.3 cm³/mol. The van der Waals surface area contributed by atoms with Crippen LogP contribution in [0.3, 0.4) is 0 Å². The van der Waals surface area contributed by atoms with E-state index in [1.54, 1.807) is 19.2 Å². The van der Waals surface area contributed by atoms with Crippen LogP contribution < -0.4 is 19.9 Å². The molecule has 0 fully saturated rings. The molecule has 0 bridgehead atoms. The second-order valence-electron chi connectivity index (χ2n) is 4.64. The zero-order chi connectivity index (χ0) is 15.5. The molecule has 0 saturated carbocycles. The van der Waals surface area contributed by atoms with Crippen LogP contribution in [0.2, 0.25) is 0 Å². The van der Waals surface area contributed by atoms with Gasteiger partial charge in [-0.05, 0) is 29.8 Å². The molecule has 0 saturated heterocycles. The van der Waals surface area contributed by atoms with Crippen molar-refractivity contribution in [3.05, 3.63) is 53.6 Å². The number of benzene rings is 2. The standard InChI is InChI=1S/C15H15N3O3S/c1-20-11-7-5-10(6-8-11)9-21-13-4-2-3-12-14(13)15(16)18-22(19)17-12/h2-8,17H,9H2,1H3,(H2,16,18). The smallest absolute Gasteiger partial charge is 0.245 e. The summed E-state index contributed by atoms with van der Waals surface area (Å²) in [5.74, 6) is 1.60. The molecular formula is C15H15N3O3S. The fourth-order valence-electron chi connectivity index (χ4n) is 2.14. The molecule has 0 amide bonds. The molecule has 0 spiro atoms. The van der Waals surface area contributed by atoms with Gasteiger partial charge in [0.1, 0.15) is 23.9 Å². The van der Waals surface area contributed by atoms with Crippen molar-refractivity contribution >= 4 is 22.7 Å². The number of fused-ring (bicyclic) bond motifs is 1. The third-order valence-electron chi connectivity index (χ3n) is 3.21. The zero-order valence-corrected chi connectivity index (χ0v) is 12.7. The molecule has 7 heteroatoms. The number of rotatable bonds is 4. The summed E-state index contributed by atoms with van der Waals surface area (Å²) in [7, 11) is 1.63. The van der Waals surface area contributed by atoms with Crippen molar-refractivity contribution in [2.45, 2.75) is 6.61 Å². The molecule has 0 aromatic heterocycles. The van der Waals surface area contributed by atoms with E-state index in [4.69, 9.17) is 15.2 Å². The second kappa shape index (κ2) is 6.07. The molecular weight excluding hydrogens is 302 g/mol. The molecule has 1 aliphatic rings. The summed E-state index contributed by atoms with van der Waals surface area (Å²) in [6.07, 6.45) is 0. The molecule has 22 heavy (non-hydrogen) atoms. The van der Waals surface area contributed by atoms with Crippen LogP contribution in [-0.2, 0) is 17.8 Å². The first-order valence-electron chi connectivity index (χ1n) is 6.59. The van der Waals surface area contributed by atoms with Crippen LogP contribution >= 0.6 is 0 Å². The van der Waals surface area contributed by atoms with Crippen molar-refractivity contribution in [3.8, 4) is 11.5 Å². The van der Waals surface area contributed by atoms with Gasteiger partial charge >= 0.3 is 0 Å². The molecule has 114 valence electrons. The highest BCUT2D eigenvalue weighted by molar-refractivity contribution is 7.85. The molecule has 1 heterocycles. The quantitative estimate of drug-likeness (QED) is 0.903. The minimum atomic E-state index is -1.54. The third kappa shape index (κ3) is 2.89. The van der Waals surface area contributed by atoms with Gasteiger partial charge in [0.05, 0.1) is 18.4 Å². The van der Waals surface area contributed by atoms with Gasteiger partial charge < -0.3 is 15.2 Å². The van der Waals surface area contributed by atoms with E-state index >= 15 is 0 Å². The van der Waals surface area contributed by atoms with Crippen LogP contribution in [0.4, 0.5) is 5.69 Å². The number of amidine groups is 1. The Bertz CT molecular complexity index is 744. The number of ether oxygens (including phenoxy) is 2. The first-order valence-corrected chi connectivity index (χ1v) is 7.70. The maximum absolute atomic E-state index is 11.5. The molecule has 6 nitrogen and oxygen atoms in total. The first kappa shape index (κ1) is 14.4. The summed E-state index contributed by atoms with van der Waals surface area (Å²) < 4.78 is 29.0. The van der Waals surface area contributed by atoms with Gasteiger partial charge in [0, 0.05) is 0 Å². The summed E-state index contributed by atoms with van der Waals surface area (Å²) in [4.78, 5) is 0. The fraction of sp³-hybridized carbons (Fsp3) is 0.133. The van der Waals surface area contributed by atoms with E-state index in [2.05, 4.69) is 9.12 Å². The summed E-state index contributed by atoms with van der Waals surface area (Å²) in [5, 5.41) is 0. The lowest BCUT2D eigenvalue weighted by Gasteiger charge is -2.18. The summed E-state index contributed by atoms with van der Waals surface area (Å²) in [6, 6.07) is 13.0. The molecule has 0 aliphatic carbocycles. The number of hydrogen-bond acceptors (Lipinski definition) is 4. The lowest BCUT2D eigenvalue weighted by molar-refractivity contribution is 0.305. The number of hydrogen-bond donors (Lipinski definition) is 2. The monoisotopic (exact) mass is 317 g/mol. The lowest BCUT2D eigenvalue weighted by atomic mass is 10.1. The van der Waals surface area contributed by atoms with Gasteiger partial charge in [-0.2, -0.15) is 4.40 Å². The van der Waals surface area contributed by atoms with Gasteiger partial charge in [0.15, 0.2) is 0 Å². The molecule has 2 aromatic carbocycles. The van der Waals surface area contributed by atoms with E-state index in [0.717, 1.165) is 11.3 Å². The Labute approximate surface area is 130 Å². The Balaban J connectivity index is 1.81. The van der Waals surface area contributed by atoms with Crippen LogP contribution in [0.1, 0.15) is 11.1 Å². The van der Waals surface area contributed by atoms with Crippen molar-refractivity contribution in [1.29, 1.82) is 0 Å². The van der Waals surface area contributed by atoms with E-state index in [-0.39, 0.29) is 5.84 Å². The van der Waals surface area contributed by atoms with Gasteiger partial charge in [-0.25, -0.2) is 4.21 Å². The topological polar surface area (TPSA) is 85.9 Å². The molecule has 0 radical (unpaired) electrons. The third-order valence-corrected chi connectivity index (χ3v) is 3.97. The highest BCUT2D eigenvalue weighted by atomic mass is 32.2. The van der Waals surface area contributed by atoms with Crippen molar-refractivity contribution in [1.82, 2.24) is 0 Å². The van der Waals surface area contributed by atoms with E-state index in [9.17, 15) is 4.21 Å². The fourth-order valence-corrected chi connectivity index (χ4v) is 2.81. The van der Waals surface area contributed by atoms with E-state index in [0.29, 0.717) is 23.6 Å². The number of anilines is 1. The van der Waals surface area contributed by atoms with Crippen LogP contribution in [0.25, 0.3) is 0 Å². The van der Waals surface area contributed by atoms with Crippen molar-refractivity contribution < 1.29 is 13.7 Å². The Morgan fingerprint density at radius 2 is 2.00 bits per heavy atom. The van der Waals surface area contributed by atoms with Gasteiger partial charge in [-0.3, -0.25) is 4.72 Å². The Morgan fingerprint density at radius 1 is 1.23 bits per heavy atom. The van der Waals surface area contributed by atoms with Crippen molar-refractivity contribution in [2.75, 3.05) is 11.8 Å². The van der Waals surface area contributed by atoms with Gasteiger partial charge in [0.2, 0.25) is 11.2 Å². The van der Waals surface area contributed by atoms with E-state index < -0.39 is 11.2 Å². The largest absolute Gasteiger partial charge is 0.497 e. The highest BCUT2D eigenvalue weighted by Crippen LogP contribution is 2.30. The van der Waals surface area contributed by atoms with Crippen LogP contribution in [0.15, 0.2) is 46.9 Å². The Kier molecular flexibility index (Phi) is 3.97. The van der Waals surface area contributed by atoms with Gasteiger partial charge in [0.25, 0.3) is 0 Å². The summed E-state index contributed by atoms with van der Waals surface area (Å²) >= 11 is -1.54. The maximum Gasteiger partial charge on any atom is 0.245 e. The first-order chi connectivity index (χ1) is 10.7. The van der Waals surface area contributed by atoms with Crippen LogP contribution in [0, 0.1) is 0 Å². The predicted octanol–water partition coefficient (Wildman–Crippen LogP) is 1.98. The van der Waals surface area contributed by atoms with Gasteiger partial charge in [-0.1, -0.05) is 18.2 Å². The summed E-state index contributed by atoms with van der Waals surface area (Å²) in [6.45, 7) is 0.386. The zero-order valence-electron chi connectivity index (χ0n) is 11.9. The second-order valence-corrected chi connectivity index (χ2v) is 5.53. The highest BCUT2D eigenvalue weighted by Gasteiger charge is 2.20. The maximum atomic E-state index is 11.5. The van der Waals surface area contributed by atoms with Crippen molar-refractivity contribution in [2.24, 2.45) is 10.1 Å². The molecule has 1 atom stereocenters. The number of nitrogens with two attached hydrogens (primary N) is 1. The number of nitrogens with zero attached hydrogens (tertiary/aromatic N) is 1. The molecule has 1 aliphatic heterocycles. The lowest BCUT2D eigenvalue weighted by Crippen LogP contribution is -2.23. The molecule has 2 aromatic rings. The summed E-state index contributed by atoms with van der Waals surface area (Å²) in [5.41, 5.74) is 8.15. The molecule has 3 rings (SSSR count). The molecule has 1 unspecified atom stereocenters. The minimum absolute atomic E-state index is 0.206. The Hall–Kier alpha value is -2.54. The SMILES string of the molecule is COc1ccc(COc2cccc3c2C(N)=NS(=O)N3)cc1. The number of nitrogens with one attached hydrogen (secondary N) is 1. The Morgan fingerprint density at radius 3 is 2.73 bits per heavy atom. The van der Waals surface area contributed by atoms with E-state index in [1.807, 2.05) is 30.3 Å².